The normalized spacial score (nSPS) is 11.9. The smallest absolute Gasteiger partial charge is 0.230 e. The van der Waals surface area contributed by atoms with Crippen molar-refractivity contribution in [3.8, 4) is 0 Å². The van der Waals surface area contributed by atoms with E-state index in [1.807, 2.05) is 12.1 Å². The third-order valence-electron chi connectivity index (χ3n) is 3.00. The van der Waals surface area contributed by atoms with Gasteiger partial charge in [-0.05, 0) is 35.4 Å². The highest BCUT2D eigenvalue weighted by Crippen LogP contribution is 2.13. The molecule has 0 saturated carbocycles. The Morgan fingerprint density at radius 1 is 1.23 bits per heavy atom. The van der Waals surface area contributed by atoms with E-state index in [2.05, 4.69) is 10.3 Å². The number of amides is 1. The number of pyridine rings is 1. The molecule has 1 heterocycles. The van der Waals surface area contributed by atoms with Crippen LogP contribution in [0.25, 0.3) is 0 Å². The van der Waals surface area contributed by atoms with Crippen molar-refractivity contribution in [2.24, 2.45) is 0 Å². The van der Waals surface area contributed by atoms with Gasteiger partial charge in [-0.15, -0.1) is 11.8 Å². The van der Waals surface area contributed by atoms with Gasteiger partial charge in [0.15, 0.2) is 0 Å². The number of carbonyl (C=O) groups excluding carboxylic acids is 1. The maximum absolute atomic E-state index is 12.8. The molecule has 2 N–H and O–H groups in total. The van der Waals surface area contributed by atoms with E-state index in [-0.39, 0.29) is 18.3 Å². The third kappa shape index (κ3) is 5.46. The van der Waals surface area contributed by atoms with Gasteiger partial charge in [-0.1, -0.05) is 12.1 Å². The van der Waals surface area contributed by atoms with Gasteiger partial charge in [-0.25, -0.2) is 4.39 Å². The van der Waals surface area contributed by atoms with Gasteiger partial charge in [0.05, 0.1) is 11.9 Å². The lowest BCUT2D eigenvalue weighted by Gasteiger charge is -2.12. The van der Waals surface area contributed by atoms with Gasteiger partial charge in [0.2, 0.25) is 5.91 Å². The minimum absolute atomic E-state index is 0.111. The largest absolute Gasteiger partial charge is 0.387 e. The summed E-state index contributed by atoms with van der Waals surface area (Å²) in [5, 5.41) is 12.6. The van der Waals surface area contributed by atoms with Crippen molar-refractivity contribution in [3.05, 3.63) is 65.7 Å². The average molecular weight is 320 g/mol. The summed E-state index contributed by atoms with van der Waals surface area (Å²) in [4.78, 5) is 15.6. The Labute approximate surface area is 132 Å². The molecule has 0 saturated heterocycles. The monoisotopic (exact) mass is 320 g/mol. The number of rotatable bonds is 7. The van der Waals surface area contributed by atoms with Gasteiger partial charge in [0, 0.05) is 24.7 Å². The number of carbonyl (C=O) groups is 1. The number of aliphatic hydroxyl groups is 1. The SMILES string of the molecule is O=C(CSCc1ccncc1)NCC(O)c1ccc(F)cc1. The highest BCUT2D eigenvalue weighted by Gasteiger charge is 2.09. The van der Waals surface area contributed by atoms with Crippen LogP contribution in [0.1, 0.15) is 17.2 Å². The second kappa shape index (κ2) is 8.51. The van der Waals surface area contributed by atoms with Crippen LogP contribution in [0, 0.1) is 5.82 Å². The summed E-state index contributed by atoms with van der Waals surface area (Å²) in [5.74, 6) is 0.558. The van der Waals surface area contributed by atoms with Crippen LogP contribution in [0.15, 0.2) is 48.8 Å². The van der Waals surface area contributed by atoms with Crippen molar-refractivity contribution in [1.82, 2.24) is 10.3 Å². The second-order valence-corrected chi connectivity index (χ2v) is 5.71. The molecule has 1 aromatic carbocycles. The Morgan fingerprint density at radius 2 is 1.91 bits per heavy atom. The van der Waals surface area contributed by atoms with Crippen molar-refractivity contribution in [1.29, 1.82) is 0 Å². The van der Waals surface area contributed by atoms with Crippen LogP contribution in [0.3, 0.4) is 0 Å². The van der Waals surface area contributed by atoms with Gasteiger partial charge in [-0.3, -0.25) is 9.78 Å². The molecule has 0 fully saturated rings. The molecule has 1 atom stereocenters. The van der Waals surface area contributed by atoms with Gasteiger partial charge >= 0.3 is 0 Å². The van der Waals surface area contributed by atoms with E-state index in [1.165, 1.54) is 36.0 Å². The molecule has 0 bridgehead atoms. The first kappa shape index (κ1) is 16.5. The summed E-state index contributed by atoms with van der Waals surface area (Å²) < 4.78 is 12.8. The summed E-state index contributed by atoms with van der Waals surface area (Å²) in [6.07, 6.45) is 2.60. The zero-order valence-corrected chi connectivity index (χ0v) is 12.7. The Balaban J connectivity index is 1.68. The van der Waals surface area contributed by atoms with Gasteiger partial charge in [0.1, 0.15) is 5.82 Å². The maximum atomic E-state index is 12.8. The van der Waals surface area contributed by atoms with Gasteiger partial charge < -0.3 is 10.4 Å². The lowest BCUT2D eigenvalue weighted by atomic mass is 10.1. The van der Waals surface area contributed by atoms with Crippen LogP contribution in [0.4, 0.5) is 4.39 Å². The van der Waals surface area contributed by atoms with Crippen LogP contribution in [-0.4, -0.2) is 28.3 Å². The van der Waals surface area contributed by atoms with Crippen LogP contribution in [0.5, 0.6) is 0 Å². The fourth-order valence-corrected chi connectivity index (χ4v) is 2.62. The number of nitrogens with one attached hydrogen (secondary N) is 1. The lowest BCUT2D eigenvalue weighted by Crippen LogP contribution is -2.29. The lowest BCUT2D eigenvalue weighted by molar-refractivity contribution is -0.119. The maximum Gasteiger partial charge on any atom is 0.230 e. The minimum atomic E-state index is -0.838. The Morgan fingerprint density at radius 3 is 2.59 bits per heavy atom. The molecule has 1 amide bonds. The minimum Gasteiger partial charge on any atom is -0.387 e. The van der Waals surface area contributed by atoms with Crippen molar-refractivity contribution < 1.29 is 14.3 Å². The Bertz CT molecular complexity index is 593. The van der Waals surface area contributed by atoms with Crippen LogP contribution in [0.2, 0.25) is 0 Å². The summed E-state index contributed by atoms with van der Waals surface area (Å²) >= 11 is 1.49. The van der Waals surface area contributed by atoms with E-state index in [4.69, 9.17) is 0 Å². The molecule has 4 nitrogen and oxygen atoms in total. The predicted octanol–water partition coefficient (Wildman–Crippen LogP) is 2.30. The van der Waals surface area contributed by atoms with E-state index in [0.29, 0.717) is 11.3 Å². The first-order valence-electron chi connectivity index (χ1n) is 6.82. The number of aliphatic hydroxyl groups excluding tert-OH is 1. The van der Waals surface area contributed by atoms with Crippen molar-refractivity contribution in [2.45, 2.75) is 11.9 Å². The fraction of sp³-hybridized carbons (Fsp3) is 0.250. The number of benzene rings is 1. The summed E-state index contributed by atoms with van der Waals surface area (Å²) in [6, 6.07) is 9.39. The van der Waals surface area contributed by atoms with Gasteiger partial charge in [-0.2, -0.15) is 0 Å². The third-order valence-corrected chi connectivity index (χ3v) is 4.00. The molecule has 1 unspecified atom stereocenters. The number of halogens is 1. The first-order valence-corrected chi connectivity index (χ1v) is 7.97. The summed E-state index contributed by atoms with van der Waals surface area (Å²) in [5.41, 5.74) is 1.69. The molecule has 0 spiro atoms. The second-order valence-electron chi connectivity index (χ2n) is 4.72. The number of hydrogen-bond acceptors (Lipinski definition) is 4. The molecule has 0 aliphatic rings. The highest BCUT2D eigenvalue weighted by molar-refractivity contribution is 7.99. The first-order chi connectivity index (χ1) is 10.6. The van der Waals surface area contributed by atoms with Crippen molar-refractivity contribution >= 4 is 17.7 Å². The van der Waals surface area contributed by atoms with Crippen molar-refractivity contribution in [2.75, 3.05) is 12.3 Å². The Kier molecular flexibility index (Phi) is 6.36. The molecule has 1 aromatic heterocycles. The predicted molar refractivity (Wildman–Crippen MR) is 84.8 cm³/mol. The molecular formula is C16H17FN2O2S. The molecule has 116 valence electrons. The van der Waals surface area contributed by atoms with Crippen LogP contribution in [-0.2, 0) is 10.5 Å². The Hall–Kier alpha value is -1.92. The molecule has 0 aliphatic heterocycles. The molecule has 22 heavy (non-hydrogen) atoms. The van der Waals surface area contributed by atoms with Crippen molar-refractivity contribution in [3.63, 3.8) is 0 Å². The number of aromatic nitrogens is 1. The molecule has 0 radical (unpaired) electrons. The van der Waals surface area contributed by atoms with E-state index in [9.17, 15) is 14.3 Å². The number of nitrogens with zero attached hydrogens (tertiary/aromatic N) is 1. The van der Waals surface area contributed by atoms with E-state index < -0.39 is 6.10 Å². The summed E-state index contributed by atoms with van der Waals surface area (Å²) in [7, 11) is 0. The van der Waals surface area contributed by atoms with E-state index >= 15 is 0 Å². The van der Waals surface area contributed by atoms with Crippen LogP contribution < -0.4 is 5.32 Å². The molecule has 0 aliphatic carbocycles. The zero-order valence-electron chi connectivity index (χ0n) is 11.9. The number of thioether (sulfide) groups is 1. The fourth-order valence-electron chi connectivity index (χ4n) is 1.80. The van der Waals surface area contributed by atoms with Crippen LogP contribution >= 0.6 is 11.8 Å². The highest BCUT2D eigenvalue weighted by atomic mass is 32.2. The average Bonchev–Trinajstić information content (AvgIpc) is 2.54. The molecule has 2 aromatic rings. The number of hydrogen-bond donors (Lipinski definition) is 2. The zero-order chi connectivity index (χ0) is 15.8. The van der Waals surface area contributed by atoms with E-state index in [1.54, 1.807) is 12.4 Å². The molecule has 6 heteroatoms. The topological polar surface area (TPSA) is 62.2 Å². The molecular weight excluding hydrogens is 303 g/mol. The molecule has 2 rings (SSSR count). The standard InChI is InChI=1S/C16H17FN2O2S/c17-14-3-1-13(2-4-14)15(20)9-19-16(21)11-22-10-12-5-7-18-8-6-12/h1-8,15,20H,9-11H2,(H,19,21). The van der Waals surface area contributed by atoms with Gasteiger partial charge in [0.25, 0.3) is 0 Å². The van der Waals surface area contributed by atoms with E-state index in [0.717, 1.165) is 11.3 Å². The quantitative estimate of drug-likeness (QED) is 0.822. The summed E-state index contributed by atoms with van der Waals surface area (Å²) in [6.45, 7) is 0.111.